The molecule has 1 aromatic rings. The van der Waals surface area contributed by atoms with Gasteiger partial charge in [-0.15, -0.1) is 0 Å². The average Bonchev–Trinajstić information content (AvgIpc) is 2.35. The monoisotopic (exact) mass is 240 g/mol. The number of nitrogens with zero attached hydrogens (tertiary/aromatic N) is 2. The first-order valence-electron chi connectivity index (χ1n) is 5.94. The van der Waals surface area contributed by atoms with Crippen molar-refractivity contribution in [2.45, 2.75) is 44.8 Å². The minimum atomic E-state index is -1.13. The van der Waals surface area contributed by atoms with Crippen molar-refractivity contribution >= 4 is 0 Å². The van der Waals surface area contributed by atoms with Crippen LogP contribution < -0.4 is 0 Å². The lowest BCUT2D eigenvalue weighted by Crippen LogP contribution is -2.31. The van der Waals surface area contributed by atoms with Crippen LogP contribution in [0.5, 0.6) is 0 Å². The van der Waals surface area contributed by atoms with Crippen molar-refractivity contribution < 1.29 is 15.3 Å². The number of unbranched alkanes of at least 4 members (excludes halogenated alkanes) is 1. The zero-order valence-electron chi connectivity index (χ0n) is 10.1. The molecule has 0 bridgehead atoms. The third-order valence-electron chi connectivity index (χ3n) is 2.57. The van der Waals surface area contributed by atoms with Gasteiger partial charge in [-0.2, -0.15) is 0 Å². The van der Waals surface area contributed by atoms with Gasteiger partial charge in [0.25, 0.3) is 0 Å². The molecule has 0 aliphatic carbocycles. The van der Waals surface area contributed by atoms with E-state index in [1.807, 2.05) is 0 Å². The van der Waals surface area contributed by atoms with E-state index < -0.39 is 18.8 Å². The molecule has 0 spiro atoms. The molecule has 2 unspecified atom stereocenters. The van der Waals surface area contributed by atoms with Gasteiger partial charge < -0.3 is 15.3 Å². The summed E-state index contributed by atoms with van der Waals surface area (Å²) < 4.78 is 0. The van der Waals surface area contributed by atoms with Gasteiger partial charge in [-0.25, -0.2) is 0 Å². The molecule has 0 aliphatic heterocycles. The van der Waals surface area contributed by atoms with Crippen LogP contribution in [0.25, 0.3) is 0 Å². The smallest absolute Gasteiger partial charge is 0.103 e. The van der Waals surface area contributed by atoms with Crippen LogP contribution in [0.1, 0.15) is 31.2 Å². The Kier molecular flexibility index (Phi) is 6.04. The van der Waals surface area contributed by atoms with E-state index in [1.54, 1.807) is 12.4 Å². The average molecular weight is 240 g/mol. The van der Waals surface area contributed by atoms with Crippen molar-refractivity contribution in [1.82, 2.24) is 9.97 Å². The number of aromatic nitrogens is 2. The lowest BCUT2D eigenvalue weighted by Gasteiger charge is -2.14. The zero-order valence-corrected chi connectivity index (χ0v) is 10.1. The number of hydrogen-bond acceptors (Lipinski definition) is 5. The fraction of sp³-hybridized carbons (Fsp3) is 0.667. The lowest BCUT2D eigenvalue weighted by molar-refractivity contribution is -0.0137. The highest BCUT2D eigenvalue weighted by Crippen LogP contribution is 2.06. The Balaban J connectivity index is 2.58. The Bertz CT molecular complexity index is 333. The summed E-state index contributed by atoms with van der Waals surface area (Å²) in [5.74, 6) is 0. The van der Waals surface area contributed by atoms with Crippen molar-refractivity contribution in [3.8, 4) is 0 Å². The highest BCUT2D eigenvalue weighted by atomic mass is 16.4. The van der Waals surface area contributed by atoms with Crippen LogP contribution >= 0.6 is 0 Å². The molecular weight excluding hydrogens is 220 g/mol. The predicted molar refractivity (Wildman–Crippen MR) is 63.4 cm³/mol. The molecule has 0 aromatic carbocycles. The van der Waals surface area contributed by atoms with E-state index in [2.05, 4.69) is 16.9 Å². The Hall–Kier alpha value is -1.04. The van der Waals surface area contributed by atoms with Gasteiger partial charge >= 0.3 is 0 Å². The molecule has 0 saturated carbocycles. The maximum atomic E-state index is 9.56. The van der Waals surface area contributed by atoms with Gasteiger partial charge in [0.05, 0.1) is 24.1 Å². The second-order valence-electron chi connectivity index (χ2n) is 4.13. The van der Waals surface area contributed by atoms with Crippen LogP contribution in [-0.2, 0) is 12.8 Å². The first-order chi connectivity index (χ1) is 8.17. The first-order valence-corrected chi connectivity index (χ1v) is 5.94. The van der Waals surface area contributed by atoms with Gasteiger partial charge in [-0.1, -0.05) is 13.3 Å². The van der Waals surface area contributed by atoms with Crippen molar-refractivity contribution in [3.63, 3.8) is 0 Å². The summed E-state index contributed by atoms with van der Waals surface area (Å²) in [7, 11) is 0. The minimum Gasteiger partial charge on any atom is -0.394 e. The van der Waals surface area contributed by atoms with Crippen molar-refractivity contribution in [2.75, 3.05) is 6.61 Å². The van der Waals surface area contributed by atoms with Crippen molar-refractivity contribution in [1.29, 1.82) is 0 Å². The highest BCUT2D eigenvalue weighted by molar-refractivity contribution is 5.05. The van der Waals surface area contributed by atoms with E-state index >= 15 is 0 Å². The second kappa shape index (κ2) is 7.32. The first kappa shape index (κ1) is 14.0. The Morgan fingerprint density at radius 3 is 2.53 bits per heavy atom. The number of aliphatic hydroxyl groups excluding tert-OH is 3. The molecule has 1 heterocycles. The molecule has 0 saturated heterocycles. The van der Waals surface area contributed by atoms with Crippen LogP contribution in [0.3, 0.4) is 0 Å². The van der Waals surface area contributed by atoms with E-state index in [9.17, 15) is 10.2 Å². The van der Waals surface area contributed by atoms with E-state index in [1.165, 1.54) is 0 Å². The molecule has 5 heteroatoms. The summed E-state index contributed by atoms with van der Waals surface area (Å²) in [6, 6.07) is 0. The molecule has 17 heavy (non-hydrogen) atoms. The Morgan fingerprint density at radius 2 is 1.88 bits per heavy atom. The summed E-state index contributed by atoms with van der Waals surface area (Å²) in [4.78, 5) is 8.41. The highest BCUT2D eigenvalue weighted by Gasteiger charge is 2.16. The lowest BCUT2D eigenvalue weighted by atomic mass is 10.1. The largest absolute Gasteiger partial charge is 0.394 e. The number of aryl methyl sites for hydroxylation is 1. The SMILES string of the molecule is CCCCc1cncc(CC(O)C(O)CO)n1. The summed E-state index contributed by atoms with van der Waals surface area (Å²) >= 11 is 0. The van der Waals surface area contributed by atoms with Gasteiger partial charge in [0.1, 0.15) is 6.10 Å². The fourth-order valence-electron chi connectivity index (χ4n) is 1.50. The van der Waals surface area contributed by atoms with Crippen LogP contribution in [0.4, 0.5) is 0 Å². The summed E-state index contributed by atoms with van der Waals surface area (Å²) in [6.07, 6.45) is 4.38. The third kappa shape index (κ3) is 4.77. The van der Waals surface area contributed by atoms with Crippen LogP contribution in [-0.4, -0.2) is 44.1 Å². The molecule has 2 atom stereocenters. The summed E-state index contributed by atoms with van der Waals surface area (Å²) in [5, 5.41) is 27.5. The van der Waals surface area contributed by atoms with Crippen molar-refractivity contribution in [3.05, 3.63) is 23.8 Å². The molecule has 3 N–H and O–H groups in total. The predicted octanol–water partition coefficient (Wildman–Crippen LogP) is 0.0758. The van der Waals surface area contributed by atoms with E-state index in [0.29, 0.717) is 5.69 Å². The number of aliphatic hydroxyl groups is 3. The van der Waals surface area contributed by atoms with Gasteiger partial charge in [-0.05, 0) is 12.8 Å². The molecular formula is C12H20N2O3. The summed E-state index contributed by atoms with van der Waals surface area (Å²) in [6.45, 7) is 1.66. The number of hydrogen-bond donors (Lipinski definition) is 3. The van der Waals surface area contributed by atoms with Gasteiger partial charge in [-0.3, -0.25) is 9.97 Å². The minimum absolute atomic E-state index is 0.203. The van der Waals surface area contributed by atoms with E-state index in [0.717, 1.165) is 25.0 Å². The molecule has 5 nitrogen and oxygen atoms in total. The normalized spacial score (nSPS) is 14.6. The Morgan fingerprint density at radius 1 is 1.18 bits per heavy atom. The number of rotatable bonds is 7. The summed E-state index contributed by atoms with van der Waals surface area (Å²) in [5.41, 5.74) is 1.54. The van der Waals surface area contributed by atoms with Gasteiger partial charge in [0, 0.05) is 18.8 Å². The van der Waals surface area contributed by atoms with Gasteiger partial charge in [0.15, 0.2) is 0 Å². The topological polar surface area (TPSA) is 86.5 Å². The molecule has 0 amide bonds. The molecule has 0 fully saturated rings. The molecule has 96 valence electrons. The van der Waals surface area contributed by atoms with Crippen LogP contribution in [0, 0.1) is 0 Å². The molecule has 0 radical (unpaired) electrons. The second-order valence-corrected chi connectivity index (χ2v) is 4.13. The molecule has 1 rings (SSSR count). The third-order valence-corrected chi connectivity index (χ3v) is 2.57. The molecule has 1 aromatic heterocycles. The molecule has 0 aliphatic rings. The zero-order chi connectivity index (χ0) is 12.7. The maximum Gasteiger partial charge on any atom is 0.103 e. The van der Waals surface area contributed by atoms with Crippen LogP contribution in [0.15, 0.2) is 12.4 Å². The van der Waals surface area contributed by atoms with E-state index in [-0.39, 0.29) is 6.42 Å². The maximum absolute atomic E-state index is 9.56. The fourth-order valence-corrected chi connectivity index (χ4v) is 1.50. The van der Waals surface area contributed by atoms with E-state index in [4.69, 9.17) is 5.11 Å². The Labute approximate surface area is 101 Å². The van der Waals surface area contributed by atoms with Crippen LogP contribution in [0.2, 0.25) is 0 Å². The van der Waals surface area contributed by atoms with Gasteiger partial charge in [0.2, 0.25) is 0 Å². The quantitative estimate of drug-likeness (QED) is 0.628. The standard InChI is InChI=1S/C12H20N2O3/c1-2-3-4-9-6-13-7-10(14-9)5-11(16)12(17)8-15/h6-7,11-12,15-17H,2-5,8H2,1H3. The van der Waals surface area contributed by atoms with Crippen molar-refractivity contribution in [2.24, 2.45) is 0 Å².